The van der Waals surface area contributed by atoms with E-state index < -0.39 is 41.5 Å². The lowest BCUT2D eigenvalue weighted by Gasteiger charge is -2.37. The molecule has 1 fully saturated rings. The van der Waals surface area contributed by atoms with E-state index in [0.29, 0.717) is 12.0 Å². The first-order valence-corrected chi connectivity index (χ1v) is 11.1. The van der Waals surface area contributed by atoms with Crippen molar-refractivity contribution in [3.63, 3.8) is 0 Å². The van der Waals surface area contributed by atoms with Crippen molar-refractivity contribution in [3.8, 4) is 0 Å². The Balaban J connectivity index is 1.90. The lowest BCUT2D eigenvalue weighted by molar-refractivity contribution is -0.149. The average Bonchev–Trinajstić information content (AvgIpc) is 3.25. The zero-order valence-electron chi connectivity index (χ0n) is 19.2. The van der Waals surface area contributed by atoms with Gasteiger partial charge in [0, 0.05) is 13.0 Å². The van der Waals surface area contributed by atoms with Crippen molar-refractivity contribution in [3.05, 3.63) is 71.5 Å². The molecule has 1 aliphatic heterocycles. The summed E-state index contributed by atoms with van der Waals surface area (Å²) in [7, 11) is 1.15. The summed E-state index contributed by atoms with van der Waals surface area (Å²) in [4.78, 5) is 40.2. The number of hydrogen-bond donors (Lipinski definition) is 2. The Morgan fingerprint density at radius 2 is 1.85 bits per heavy atom. The Labute approximate surface area is 197 Å². The number of aliphatic hydroxyl groups is 1. The largest absolute Gasteiger partial charge is 0.467 e. The van der Waals surface area contributed by atoms with Crippen molar-refractivity contribution in [1.29, 1.82) is 0 Å². The SMILES string of the molecule is COC(=O)[C@H](NC(=O)C1(Cc2cccc(F)c2)CCCN1C(=O)OCc1ccccc1)[C@H](C)O. The standard InChI is InChI=1S/C25H29FN2O6/c1-17(29)21(22(30)33-2)27-23(31)25(15-19-10-6-11-20(26)14-19)12-7-13-28(25)24(32)34-16-18-8-4-3-5-9-18/h3-6,8-11,14,17,21,29H,7,12-13,15-16H2,1-2H3,(H,27,31)/t17-,21+,25?/m0/s1. The van der Waals surface area contributed by atoms with Gasteiger partial charge in [-0.05, 0) is 43.0 Å². The van der Waals surface area contributed by atoms with Gasteiger partial charge >= 0.3 is 12.1 Å². The van der Waals surface area contributed by atoms with E-state index in [9.17, 15) is 23.9 Å². The highest BCUT2D eigenvalue weighted by Crippen LogP contribution is 2.34. The fraction of sp³-hybridized carbons (Fsp3) is 0.400. The number of nitrogens with zero attached hydrogens (tertiary/aromatic N) is 1. The van der Waals surface area contributed by atoms with E-state index in [1.165, 1.54) is 30.0 Å². The topological polar surface area (TPSA) is 105 Å². The minimum absolute atomic E-state index is 0.00469. The highest BCUT2D eigenvalue weighted by molar-refractivity contribution is 5.94. The maximum atomic E-state index is 13.9. The molecule has 1 heterocycles. The van der Waals surface area contributed by atoms with Gasteiger partial charge in [0.15, 0.2) is 6.04 Å². The molecule has 0 aromatic heterocycles. The monoisotopic (exact) mass is 472 g/mol. The van der Waals surface area contributed by atoms with Crippen molar-refractivity contribution in [2.24, 2.45) is 0 Å². The normalized spacial score (nSPS) is 19.2. The number of methoxy groups -OCH3 is 1. The summed E-state index contributed by atoms with van der Waals surface area (Å²) in [5.41, 5.74) is -0.150. The summed E-state index contributed by atoms with van der Waals surface area (Å²) in [6, 6.07) is 13.6. The zero-order chi connectivity index (χ0) is 24.7. The van der Waals surface area contributed by atoms with Gasteiger partial charge in [-0.15, -0.1) is 0 Å². The lowest BCUT2D eigenvalue weighted by Crippen LogP contribution is -2.62. The first-order chi connectivity index (χ1) is 16.3. The molecule has 2 aromatic rings. The van der Waals surface area contributed by atoms with Gasteiger partial charge < -0.3 is 19.9 Å². The molecule has 0 spiro atoms. The smallest absolute Gasteiger partial charge is 0.411 e. The van der Waals surface area contributed by atoms with E-state index in [1.807, 2.05) is 30.3 Å². The Morgan fingerprint density at radius 1 is 1.15 bits per heavy atom. The highest BCUT2D eigenvalue weighted by Gasteiger charge is 2.51. The minimum Gasteiger partial charge on any atom is -0.467 e. The molecule has 3 atom stereocenters. The first-order valence-electron chi connectivity index (χ1n) is 11.1. The summed E-state index contributed by atoms with van der Waals surface area (Å²) in [6.07, 6.45) is -1.16. The molecule has 1 aliphatic rings. The Morgan fingerprint density at radius 3 is 2.50 bits per heavy atom. The third kappa shape index (κ3) is 5.72. The number of likely N-dealkylation sites (tertiary alicyclic amines) is 1. The van der Waals surface area contributed by atoms with E-state index in [-0.39, 0.29) is 26.0 Å². The fourth-order valence-electron chi connectivity index (χ4n) is 4.21. The molecule has 182 valence electrons. The third-order valence-electron chi connectivity index (χ3n) is 5.95. The molecular formula is C25H29FN2O6. The van der Waals surface area contributed by atoms with Crippen LogP contribution in [0.5, 0.6) is 0 Å². The number of ether oxygens (including phenoxy) is 2. The third-order valence-corrected chi connectivity index (χ3v) is 5.95. The molecule has 8 nitrogen and oxygen atoms in total. The van der Waals surface area contributed by atoms with Crippen molar-refractivity contribution in [1.82, 2.24) is 10.2 Å². The van der Waals surface area contributed by atoms with Crippen LogP contribution in [0.4, 0.5) is 9.18 Å². The van der Waals surface area contributed by atoms with Crippen LogP contribution in [0, 0.1) is 5.82 Å². The summed E-state index contributed by atoms with van der Waals surface area (Å²) in [5.74, 6) is -1.94. The molecule has 1 unspecified atom stereocenters. The van der Waals surface area contributed by atoms with Crippen LogP contribution in [0.15, 0.2) is 54.6 Å². The molecule has 9 heteroatoms. The molecule has 2 N–H and O–H groups in total. The van der Waals surface area contributed by atoms with Crippen LogP contribution in [0.3, 0.4) is 0 Å². The predicted molar refractivity (Wildman–Crippen MR) is 121 cm³/mol. The van der Waals surface area contributed by atoms with Crippen LogP contribution in [0.2, 0.25) is 0 Å². The van der Waals surface area contributed by atoms with Crippen LogP contribution < -0.4 is 5.32 Å². The molecule has 0 bridgehead atoms. The average molecular weight is 473 g/mol. The highest BCUT2D eigenvalue weighted by atomic mass is 19.1. The number of esters is 1. The van der Waals surface area contributed by atoms with Crippen molar-refractivity contribution in [2.45, 2.75) is 50.5 Å². The Hall–Kier alpha value is -3.46. The number of benzene rings is 2. The van der Waals surface area contributed by atoms with Gasteiger partial charge in [0.25, 0.3) is 0 Å². The Bertz CT molecular complexity index is 1020. The molecule has 0 aliphatic carbocycles. The minimum atomic E-state index is -1.44. The number of carbonyl (C=O) groups is 3. The number of amides is 2. The number of rotatable bonds is 8. The maximum Gasteiger partial charge on any atom is 0.411 e. The Kier molecular flexibility index (Phi) is 8.22. The van der Waals surface area contributed by atoms with Gasteiger partial charge in [0.05, 0.1) is 13.2 Å². The summed E-state index contributed by atoms with van der Waals surface area (Å²) >= 11 is 0. The predicted octanol–water partition coefficient (Wildman–Crippen LogP) is 2.58. The quantitative estimate of drug-likeness (QED) is 0.573. The van der Waals surface area contributed by atoms with Crippen LogP contribution in [-0.4, -0.2) is 59.3 Å². The van der Waals surface area contributed by atoms with Crippen LogP contribution in [-0.2, 0) is 32.1 Å². The first kappa shape index (κ1) is 25.2. The van der Waals surface area contributed by atoms with E-state index in [2.05, 4.69) is 5.32 Å². The summed E-state index contributed by atoms with van der Waals surface area (Å²) < 4.78 is 24.1. The lowest BCUT2D eigenvalue weighted by atomic mass is 9.86. The number of nitrogens with one attached hydrogen (secondary N) is 1. The molecule has 2 amide bonds. The van der Waals surface area contributed by atoms with E-state index in [1.54, 1.807) is 6.07 Å². The molecule has 0 radical (unpaired) electrons. The van der Waals surface area contributed by atoms with Crippen LogP contribution >= 0.6 is 0 Å². The van der Waals surface area contributed by atoms with Gasteiger partial charge in [-0.25, -0.2) is 14.0 Å². The van der Waals surface area contributed by atoms with Gasteiger partial charge in [-0.1, -0.05) is 42.5 Å². The van der Waals surface area contributed by atoms with Gasteiger partial charge in [-0.3, -0.25) is 9.69 Å². The summed E-state index contributed by atoms with van der Waals surface area (Å²) in [6.45, 7) is 1.61. The molecule has 1 saturated heterocycles. The fourth-order valence-corrected chi connectivity index (χ4v) is 4.21. The van der Waals surface area contributed by atoms with Crippen molar-refractivity contribution >= 4 is 18.0 Å². The molecule has 0 saturated carbocycles. The summed E-state index contributed by atoms with van der Waals surface area (Å²) in [5, 5.41) is 12.6. The molecule has 3 rings (SSSR count). The number of halogens is 1. The van der Waals surface area contributed by atoms with Gasteiger partial charge in [0.1, 0.15) is 18.0 Å². The second kappa shape index (κ2) is 11.1. The van der Waals surface area contributed by atoms with E-state index in [0.717, 1.165) is 12.7 Å². The van der Waals surface area contributed by atoms with E-state index >= 15 is 0 Å². The van der Waals surface area contributed by atoms with Crippen LogP contribution in [0.1, 0.15) is 30.9 Å². The number of hydrogen-bond acceptors (Lipinski definition) is 6. The molecule has 34 heavy (non-hydrogen) atoms. The zero-order valence-corrected chi connectivity index (χ0v) is 19.2. The van der Waals surface area contributed by atoms with Gasteiger partial charge in [-0.2, -0.15) is 0 Å². The van der Waals surface area contributed by atoms with Gasteiger partial charge in [0.2, 0.25) is 5.91 Å². The number of aliphatic hydroxyl groups excluding tert-OH is 1. The van der Waals surface area contributed by atoms with Crippen molar-refractivity contribution in [2.75, 3.05) is 13.7 Å². The second-order valence-corrected chi connectivity index (χ2v) is 8.35. The van der Waals surface area contributed by atoms with Crippen molar-refractivity contribution < 1.29 is 33.4 Å². The maximum absolute atomic E-state index is 13.9. The number of carbonyl (C=O) groups excluding carboxylic acids is 3. The molecule has 2 aromatic carbocycles. The molecular weight excluding hydrogens is 443 g/mol. The van der Waals surface area contributed by atoms with Crippen LogP contribution in [0.25, 0.3) is 0 Å². The van der Waals surface area contributed by atoms with E-state index in [4.69, 9.17) is 9.47 Å². The second-order valence-electron chi connectivity index (χ2n) is 8.35.